The summed E-state index contributed by atoms with van der Waals surface area (Å²) < 4.78 is 5.84. The molecule has 2 aromatic carbocycles. The van der Waals surface area contributed by atoms with Gasteiger partial charge in [0.05, 0.1) is 13.2 Å². The molecule has 0 heterocycles. The lowest BCUT2D eigenvalue weighted by atomic mass is 10.0. The highest BCUT2D eigenvalue weighted by Gasteiger charge is 2.34. The topological polar surface area (TPSA) is 119 Å². The summed E-state index contributed by atoms with van der Waals surface area (Å²) >= 11 is 0. The lowest BCUT2D eigenvalue weighted by Gasteiger charge is -2.33. The number of ether oxygens (including phenoxy) is 1. The molecule has 0 aromatic heterocycles. The van der Waals surface area contributed by atoms with Gasteiger partial charge in [-0.15, -0.1) is 0 Å². The van der Waals surface area contributed by atoms with Crippen LogP contribution in [0.1, 0.15) is 31.4 Å². The first-order valence-electron chi connectivity index (χ1n) is 11.9. The zero-order valence-electron chi connectivity index (χ0n) is 21.6. The number of nitrogens with two attached hydrogens (primary N) is 2. The van der Waals surface area contributed by atoms with E-state index in [-0.39, 0.29) is 25.5 Å². The summed E-state index contributed by atoms with van der Waals surface area (Å²) in [6, 6.07) is 17.0. The van der Waals surface area contributed by atoms with Gasteiger partial charge in [-0.2, -0.15) is 0 Å². The molecule has 4 N–H and O–H groups in total. The van der Waals surface area contributed by atoms with Crippen LogP contribution in [0, 0.1) is 0 Å². The molecule has 0 spiro atoms. The van der Waals surface area contributed by atoms with Crippen molar-refractivity contribution in [3.63, 3.8) is 0 Å². The Morgan fingerprint density at radius 1 is 0.917 bits per heavy atom. The number of rotatable bonds is 13. The van der Waals surface area contributed by atoms with Gasteiger partial charge in [-0.05, 0) is 37.5 Å². The number of hydrogen-bond acceptors (Lipinski definition) is 5. The van der Waals surface area contributed by atoms with E-state index < -0.39 is 29.4 Å². The number of hydrogen-bond donors (Lipinski definition) is 2. The Morgan fingerprint density at radius 2 is 1.47 bits per heavy atom. The Hall–Kier alpha value is -3.49. The predicted octanol–water partition coefficient (Wildman–Crippen LogP) is 2.27. The molecule has 3 amide bonds. The molecule has 0 radical (unpaired) electrons. The molecule has 0 saturated heterocycles. The number of likely N-dealkylation sites (N-methyl/N-ethyl adjacent to an activating group) is 2. The number of amides is 3. The molecule has 2 atom stereocenters. The van der Waals surface area contributed by atoms with Gasteiger partial charge >= 0.3 is 0 Å². The normalized spacial score (nSPS) is 13.2. The second kappa shape index (κ2) is 13.6. The molecular weight excluding hydrogens is 456 g/mol. The lowest BCUT2D eigenvalue weighted by Crippen LogP contribution is -2.55. The highest BCUT2D eigenvalue weighted by molar-refractivity contribution is 5.94. The van der Waals surface area contributed by atoms with Crippen molar-refractivity contribution in [2.45, 2.75) is 50.9 Å². The Balaban J connectivity index is 2.21. The molecule has 0 aliphatic rings. The maximum Gasteiger partial charge on any atom is 0.248 e. The maximum atomic E-state index is 13.6. The van der Waals surface area contributed by atoms with E-state index in [0.717, 1.165) is 11.1 Å². The van der Waals surface area contributed by atoms with E-state index in [4.69, 9.17) is 16.2 Å². The van der Waals surface area contributed by atoms with E-state index in [1.54, 1.807) is 13.1 Å². The van der Waals surface area contributed by atoms with Gasteiger partial charge in [0.15, 0.2) is 0 Å². The largest absolute Gasteiger partial charge is 0.374 e. The summed E-state index contributed by atoms with van der Waals surface area (Å²) in [4.78, 5) is 41.4. The summed E-state index contributed by atoms with van der Waals surface area (Å²) in [5.41, 5.74) is 13.0. The molecule has 2 rings (SSSR count). The van der Waals surface area contributed by atoms with Crippen molar-refractivity contribution in [2.75, 3.05) is 20.7 Å². The zero-order valence-corrected chi connectivity index (χ0v) is 21.6. The molecule has 36 heavy (non-hydrogen) atoms. The number of benzene rings is 2. The van der Waals surface area contributed by atoms with Crippen LogP contribution in [-0.2, 0) is 32.1 Å². The number of primary amides is 1. The first kappa shape index (κ1) is 28.7. The molecule has 2 aromatic rings. The van der Waals surface area contributed by atoms with Gasteiger partial charge in [0, 0.05) is 26.1 Å². The van der Waals surface area contributed by atoms with Crippen LogP contribution in [0.25, 0.3) is 0 Å². The molecule has 0 bridgehead atoms. The minimum atomic E-state index is -0.959. The highest BCUT2D eigenvalue weighted by Crippen LogP contribution is 2.13. The van der Waals surface area contributed by atoms with Crippen molar-refractivity contribution in [1.29, 1.82) is 0 Å². The molecule has 8 nitrogen and oxygen atoms in total. The molecule has 0 aliphatic heterocycles. The van der Waals surface area contributed by atoms with Gasteiger partial charge in [-0.3, -0.25) is 14.4 Å². The van der Waals surface area contributed by atoms with E-state index in [1.165, 1.54) is 22.9 Å². The summed E-state index contributed by atoms with van der Waals surface area (Å²) in [7, 11) is 3.06. The molecule has 0 saturated carbocycles. The first-order valence-corrected chi connectivity index (χ1v) is 11.9. The fourth-order valence-corrected chi connectivity index (χ4v) is 3.60. The summed E-state index contributed by atoms with van der Waals surface area (Å²) in [5, 5.41) is 0. The Kier molecular flexibility index (Phi) is 10.8. The summed E-state index contributed by atoms with van der Waals surface area (Å²) in [6.45, 7) is 3.95. The van der Waals surface area contributed by atoms with E-state index in [1.807, 2.05) is 74.5 Å². The number of nitrogens with zero attached hydrogens (tertiary/aromatic N) is 2. The van der Waals surface area contributed by atoms with Crippen LogP contribution in [0.5, 0.6) is 0 Å². The van der Waals surface area contributed by atoms with Crippen LogP contribution in [0.3, 0.4) is 0 Å². The van der Waals surface area contributed by atoms with Gasteiger partial charge in [-0.25, -0.2) is 0 Å². The summed E-state index contributed by atoms with van der Waals surface area (Å²) in [6.07, 6.45) is 3.85. The van der Waals surface area contributed by atoms with Gasteiger partial charge < -0.3 is 26.0 Å². The highest BCUT2D eigenvalue weighted by atomic mass is 16.5. The second-order valence-electron chi connectivity index (χ2n) is 9.62. The van der Waals surface area contributed by atoms with Crippen LogP contribution in [-0.4, -0.2) is 65.8 Å². The molecule has 8 heteroatoms. The van der Waals surface area contributed by atoms with Gasteiger partial charge in [0.2, 0.25) is 17.7 Å². The Morgan fingerprint density at radius 3 is 2.00 bits per heavy atom. The van der Waals surface area contributed by atoms with Crippen molar-refractivity contribution < 1.29 is 19.1 Å². The number of carbonyl (C=O) groups is 3. The SMILES string of the molecule is CN(C(=O)/C=C/CC(C)(C)N)[C@H](COCc1ccccc1)C(=O)N(C)[C@H](Cc1ccccc1)C(N)=O. The lowest BCUT2D eigenvalue weighted by molar-refractivity contribution is -0.148. The average Bonchev–Trinajstić information content (AvgIpc) is 2.84. The average molecular weight is 495 g/mol. The van der Waals surface area contributed by atoms with Crippen molar-refractivity contribution in [1.82, 2.24) is 9.80 Å². The third kappa shape index (κ3) is 9.28. The second-order valence-corrected chi connectivity index (χ2v) is 9.62. The third-order valence-corrected chi connectivity index (χ3v) is 5.81. The Labute approximate surface area is 213 Å². The van der Waals surface area contributed by atoms with Gasteiger partial charge in [0.1, 0.15) is 12.1 Å². The fourth-order valence-electron chi connectivity index (χ4n) is 3.60. The molecule has 0 aliphatic carbocycles. The number of carbonyl (C=O) groups excluding carboxylic acids is 3. The van der Waals surface area contributed by atoms with Gasteiger partial charge in [0.25, 0.3) is 0 Å². The minimum absolute atomic E-state index is 0.0483. The maximum absolute atomic E-state index is 13.6. The smallest absolute Gasteiger partial charge is 0.248 e. The quantitative estimate of drug-likeness (QED) is 0.414. The van der Waals surface area contributed by atoms with Crippen molar-refractivity contribution in [3.8, 4) is 0 Å². The van der Waals surface area contributed by atoms with Crippen LogP contribution < -0.4 is 11.5 Å². The van der Waals surface area contributed by atoms with Crippen LogP contribution in [0.2, 0.25) is 0 Å². The zero-order chi connectivity index (χ0) is 26.7. The molecule has 0 fully saturated rings. The minimum Gasteiger partial charge on any atom is -0.374 e. The van der Waals surface area contributed by atoms with Crippen molar-refractivity contribution in [3.05, 3.63) is 83.9 Å². The monoisotopic (exact) mass is 494 g/mol. The van der Waals surface area contributed by atoms with E-state index >= 15 is 0 Å². The first-order chi connectivity index (χ1) is 17.0. The van der Waals surface area contributed by atoms with Crippen molar-refractivity contribution >= 4 is 17.7 Å². The molecular formula is C28H38N4O4. The van der Waals surface area contributed by atoms with E-state index in [9.17, 15) is 14.4 Å². The van der Waals surface area contributed by atoms with Crippen LogP contribution in [0.4, 0.5) is 0 Å². The fraction of sp³-hybridized carbons (Fsp3) is 0.393. The van der Waals surface area contributed by atoms with Crippen LogP contribution in [0.15, 0.2) is 72.8 Å². The third-order valence-electron chi connectivity index (χ3n) is 5.81. The van der Waals surface area contributed by atoms with Crippen molar-refractivity contribution in [2.24, 2.45) is 11.5 Å². The Bertz CT molecular complexity index is 1020. The molecule has 0 unspecified atom stereocenters. The molecule has 194 valence electrons. The summed E-state index contributed by atoms with van der Waals surface area (Å²) in [5.74, 6) is -1.43. The van der Waals surface area contributed by atoms with E-state index in [0.29, 0.717) is 6.42 Å². The predicted molar refractivity (Wildman–Crippen MR) is 141 cm³/mol. The van der Waals surface area contributed by atoms with E-state index in [2.05, 4.69) is 0 Å². The van der Waals surface area contributed by atoms with Crippen LogP contribution >= 0.6 is 0 Å². The van der Waals surface area contributed by atoms with Gasteiger partial charge in [-0.1, -0.05) is 66.7 Å². The standard InChI is InChI=1S/C28H38N4O4/c1-28(2,30)17-11-16-25(33)31(3)24(20-36-19-22-14-9-6-10-15-22)27(35)32(4)23(26(29)34)18-21-12-7-5-8-13-21/h5-16,23-24H,17-20,30H2,1-4H3,(H2,29,34)/b16-11+/t23-,24-/m1/s1.